The first-order valence-electron chi connectivity index (χ1n) is 10.9. The van der Waals surface area contributed by atoms with Crippen molar-refractivity contribution in [2.45, 2.75) is 41.7 Å². The van der Waals surface area contributed by atoms with Gasteiger partial charge in [0.25, 0.3) is 0 Å². The molecule has 2 aromatic heterocycles. The zero-order valence-electron chi connectivity index (χ0n) is 17.9. The summed E-state index contributed by atoms with van der Waals surface area (Å²) in [7, 11) is 0. The molecule has 0 radical (unpaired) electrons. The van der Waals surface area contributed by atoms with Crippen molar-refractivity contribution in [3.05, 3.63) is 60.1 Å². The molecule has 8 heteroatoms. The summed E-state index contributed by atoms with van der Waals surface area (Å²) in [6, 6.07) is 10.1. The van der Waals surface area contributed by atoms with E-state index in [0.29, 0.717) is 5.02 Å². The zero-order chi connectivity index (χ0) is 22.1. The first-order valence-corrected chi connectivity index (χ1v) is 12.1. The Morgan fingerprint density at radius 2 is 1.91 bits per heavy atom. The van der Waals surface area contributed by atoms with Crippen LogP contribution in [0.25, 0.3) is 11.1 Å². The molecule has 32 heavy (non-hydrogen) atoms. The first kappa shape index (κ1) is 21.6. The molecule has 1 aromatic carbocycles. The molecule has 3 aromatic rings. The van der Waals surface area contributed by atoms with Gasteiger partial charge in [-0.15, -0.1) is 0 Å². The lowest BCUT2D eigenvalue weighted by atomic mass is 9.73. The number of rotatable bonds is 4. The topological polar surface area (TPSA) is 77.2 Å². The van der Waals surface area contributed by atoms with E-state index in [2.05, 4.69) is 26.8 Å². The van der Waals surface area contributed by atoms with E-state index < -0.39 is 0 Å². The highest BCUT2D eigenvalue weighted by Crippen LogP contribution is 2.42. The minimum Gasteiger partial charge on any atom is -0.376 e. The fourth-order valence-corrected chi connectivity index (χ4v) is 5.77. The van der Waals surface area contributed by atoms with Crippen molar-refractivity contribution in [1.82, 2.24) is 15.0 Å². The van der Waals surface area contributed by atoms with Crippen molar-refractivity contribution in [3.8, 4) is 11.1 Å². The van der Waals surface area contributed by atoms with Crippen LogP contribution in [-0.2, 0) is 4.74 Å². The van der Waals surface area contributed by atoms with Crippen LogP contribution in [0.4, 0.5) is 5.95 Å². The second-order valence-electron chi connectivity index (χ2n) is 8.57. The van der Waals surface area contributed by atoms with Crippen LogP contribution >= 0.6 is 23.4 Å². The summed E-state index contributed by atoms with van der Waals surface area (Å²) in [5.74, 6) is 0.764. The van der Waals surface area contributed by atoms with Gasteiger partial charge < -0.3 is 15.4 Å². The molecule has 1 spiro atoms. The van der Waals surface area contributed by atoms with Crippen molar-refractivity contribution in [2.24, 2.45) is 11.1 Å². The second-order valence-corrected chi connectivity index (χ2v) is 10.1. The molecule has 166 valence electrons. The van der Waals surface area contributed by atoms with E-state index in [1.807, 2.05) is 48.9 Å². The number of aromatic nitrogens is 3. The second kappa shape index (κ2) is 8.98. The molecular formula is C24H26ClN5OS. The normalized spacial score (nSPS) is 22.4. The Hall–Kier alpha value is -2.19. The van der Waals surface area contributed by atoms with Crippen molar-refractivity contribution in [3.63, 3.8) is 0 Å². The van der Waals surface area contributed by atoms with E-state index in [9.17, 15) is 0 Å². The number of hydrogen-bond acceptors (Lipinski definition) is 7. The van der Waals surface area contributed by atoms with Crippen molar-refractivity contribution in [1.29, 1.82) is 0 Å². The predicted molar refractivity (Wildman–Crippen MR) is 128 cm³/mol. The van der Waals surface area contributed by atoms with Gasteiger partial charge in [0, 0.05) is 70.3 Å². The zero-order valence-corrected chi connectivity index (χ0v) is 19.5. The highest BCUT2D eigenvalue weighted by Gasteiger charge is 2.47. The van der Waals surface area contributed by atoms with Gasteiger partial charge in [-0.1, -0.05) is 41.6 Å². The van der Waals surface area contributed by atoms with E-state index in [4.69, 9.17) is 22.1 Å². The van der Waals surface area contributed by atoms with Crippen LogP contribution in [0.3, 0.4) is 0 Å². The molecule has 6 nitrogen and oxygen atoms in total. The van der Waals surface area contributed by atoms with Gasteiger partial charge in [0.15, 0.2) is 0 Å². The summed E-state index contributed by atoms with van der Waals surface area (Å²) in [6.07, 6.45) is 9.48. The van der Waals surface area contributed by atoms with E-state index in [-0.39, 0.29) is 17.6 Å². The molecular weight excluding hydrogens is 442 g/mol. The Bertz CT molecular complexity index is 1070. The van der Waals surface area contributed by atoms with Gasteiger partial charge in [0.2, 0.25) is 5.95 Å². The molecule has 5 rings (SSSR count). The van der Waals surface area contributed by atoms with Crippen LogP contribution in [0.15, 0.2) is 64.9 Å². The van der Waals surface area contributed by atoms with E-state index >= 15 is 0 Å². The third kappa shape index (κ3) is 4.10. The number of nitrogens with two attached hydrogens (primary N) is 1. The number of ether oxygens (including phenoxy) is 1. The lowest BCUT2D eigenvalue weighted by Gasteiger charge is -2.41. The summed E-state index contributed by atoms with van der Waals surface area (Å²) in [4.78, 5) is 17.6. The number of nitrogens with zero attached hydrogens (tertiary/aromatic N) is 4. The molecule has 2 N–H and O–H groups in total. The fourth-order valence-electron chi connectivity index (χ4n) is 4.61. The van der Waals surface area contributed by atoms with Crippen LogP contribution in [-0.4, -0.2) is 46.8 Å². The highest BCUT2D eigenvalue weighted by molar-refractivity contribution is 7.99. The Balaban J connectivity index is 1.26. The van der Waals surface area contributed by atoms with Gasteiger partial charge in [-0.05, 0) is 31.9 Å². The van der Waals surface area contributed by atoms with Crippen LogP contribution in [0.2, 0.25) is 5.02 Å². The van der Waals surface area contributed by atoms with Crippen LogP contribution in [0, 0.1) is 5.41 Å². The number of hydrogen-bond donors (Lipinski definition) is 1. The van der Waals surface area contributed by atoms with Gasteiger partial charge in [-0.2, -0.15) is 0 Å². The van der Waals surface area contributed by atoms with Crippen LogP contribution < -0.4 is 10.6 Å². The predicted octanol–water partition coefficient (Wildman–Crippen LogP) is 4.68. The largest absolute Gasteiger partial charge is 0.376 e. The van der Waals surface area contributed by atoms with Gasteiger partial charge >= 0.3 is 0 Å². The van der Waals surface area contributed by atoms with Gasteiger partial charge in [0.1, 0.15) is 0 Å². The molecule has 0 unspecified atom stereocenters. The highest BCUT2D eigenvalue weighted by atomic mass is 35.5. The van der Waals surface area contributed by atoms with Gasteiger partial charge in [-0.3, -0.25) is 4.98 Å². The van der Waals surface area contributed by atoms with E-state index in [0.717, 1.165) is 59.4 Å². The van der Waals surface area contributed by atoms with Gasteiger partial charge in [0.05, 0.1) is 17.7 Å². The lowest BCUT2D eigenvalue weighted by molar-refractivity contribution is 0.0973. The minimum absolute atomic E-state index is 0.0990. The van der Waals surface area contributed by atoms with Crippen LogP contribution in [0.1, 0.15) is 19.8 Å². The molecule has 2 fully saturated rings. The number of halogens is 1. The SMILES string of the molecule is C[C@@H]1OCC2(CCN(c3ncc(Sc4cccc(-c5cccnc5)c4Cl)cn3)CC2)[C@@H]1N. The van der Waals surface area contributed by atoms with Crippen molar-refractivity contribution < 1.29 is 4.74 Å². The summed E-state index contributed by atoms with van der Waals surface area (Å²) in [5.41, 5.74) is 8.49. The third-order valence-electron chi connectivity index (χ3n) is 6.67. The smallest absolute Gasteiger partial charge is 0.225 e. The lowest BCUT2D eigenvalue weighted by Crippen LogP contribution is -2.50. The molecule has 4 heterocycles. The first-order chi connectivity index (χ1) is 15.6. The number of anilines is 1. The molecule has 2 aliphatic heterocycles. The average Bonchev–Trinajstić information content (AvgIpc) is 3.10. The maximum atomic E-state index is 6.71. The van der Waals surface area contributed by atoms with E-state index in [1.165, 1.54) is 0 Å². The quantitative estimate of drug-likeness (QED) is 0.597. The monoisotopic (exact) mass is 467 g/mol. The molecule has 0 amide bonds. The van der Waals surface area contributed by atoms with Crippen molar-refractivity contribution >= 4 is 29.3 Å². The Labute approximate surface area is 197 Å². The maximum Gasteiger partial charge on any atom is 0.225 e. The average molecular weight is 468 g/mol. The summed E-state index contributed by atoms with van der Waals surface area (Å²) < 4.78 is 5.83. The summed E-state index contributed by atoms with van der Waals surface area (Å²) in [5, 5.41) is 0.709. The van der Waals surface area contributed by atoms with Crippen molar-refractivity contribution in [2.75, 3.05) is 24.6 Å². The van der Waals surface area contributed by atoms with Crippen LogP contribution in [0.5, 0.6) is 0 Å². The Morgan fingerprint density at radius 1 is 1.12 bits per heavy atom. The van der Waals surface area contributed by atoms with E-state index in [1.54, 1.807) is 18.0 Å². The molecule has 2 atom stereocenters. The standard InChI is InChI=1S/C24H26ClN5OS/c1-16-22(26)24(15-31-16)7-10-30(11-8-24)23-28-13-18(14-29-23)32-20-6-2-5-19(21(20)25)17-4-3-9-27-12-17/h2-6,9,12-14,16,22H,7-8,10-11,15,26H2,1H3/t16-,22+/m0/s1. The fraction of sp³-hybridized carbons (Fsp3) is 0.375. The van der Waals surface area contributed by atoms with Gasteiger partial charge in [-0.25, -0.2) is 9.97 Å². The third-order valence-corrected chi connectivity index (χ3v) is 8.19. The summed E-state index contributed by atoms with van der Waals surface area (Å²) >= 11 is 8.27. The molecule has 2 saturated heterocycles. The molecule has 2 aliphatic rings. The number of pyridine rings is 1. The molecule has 0 bridgehead atoms. The number of piperidine rings is 1. The molecule has 0 saturated carbocycles. The minimum atomic E-state index is 0.0990. The number of benzene rings is 1. The Kier molecular flexibility index (Phi) is 6.07. The summed E-state index contributed by atoms with van der Waals surface area (Å²) in [6.45, 7) is 4.63. The molecule has 0 aliphatic carbocycles. The maximum absolute atomic E-state index is 6.71. The Morgan fingerprint density at radius 3 is 2.56 bits per heavy atom.